The molecule has 0 bridgehead atoms. The number of amides is 1. The molecule has 3 rings (SSSR count). The maximum Gasteiger partial charge on any atom is 0.223 e. The lowest BCUT2D eigenvalue weighted by Gasteiger charge is -2.44. The normalized spacial score (nSPS) is 26.9. The number of ether oxygens (including phenoxy) is 2. The van der Waals surface area contributed by atoms with Gasteiger partial charge in [0.1, 0.15) is 6.33 Å². The van der Waals surface area contributed by atoms with E-state index in [0.717, 1.165) is 38.0 Å². The van der Waals surface area contributed by atoms with Gasteiger partial charge < -0.3 is 14.4 Å². The van der Waals surface area contributed by atoms with Gasteiger partial charge in [-0.1, -0.05) is 6.42 Å². The zero-order chi connectivity index (χ0) is 16.8. The molecule has 0 N–H and O–H groups in total. The predicted octanol–water partition coefficient (Wildman–Crippen LogP) is 1.84. The minimum atomic E-state index is -0.195. The van der Waals surface area contributed by atoms with Crippen molar-refractivity contribution in [1.29, 1.82) is 0 Å². The highest BCUT2D eigenvalue weighted by molar-refractivity contribution is 5.76. The topological polar surface area (TPSA) is 64.5 Å². The summed E-state index contributed by atoms with van der Waals surface area (Å²) in [5.41, 5.74) is 0.808. The van der Waals surface area contributed by atoms with Crippen LogP contribution in [0.5, 0.6) is 0 Å². The summed E-state index contributed by atoms with van der Waals surface area (Å²) in [5.74, 6) is 0.596. The lowest BCUT2D eigenvalue weighted by Crippen LogP contribution is -2.56. The number of aryl methyl sites for hydroxylation is 1. The molecule has 1 amide bonds. The van der Waals surface area contributed by atoms with E-state index in [9.17, 15) is 4.79 Å². The molecule has 1 aromatic heterocycles. The van der Waals surface area contributed by atoms with Crippen LogP contribution in [0.15, 0.2) is 18.7 Å². The Morgan fingerprint density at radius 1 is 1.46 bits per heavy atom. The molecule has 132 valence electrons. The van der Waals surface area contributed by atoms with Crippen molar-refractivity contribution < 1.29 is 14.3 Å². The maximum atomic E-state index is 12.6. The van der Waals surface area contributed by atoms with E-state index in [-0.39, 0.29) is 11.5 Å². The van der Waals surface area contributed by atoms with Crippen LogP contribution in [-0.4, -0.2) is 59.3 Å². The highest BCUT2D eigenvalue weighted by atomic mass is 16.5. The van der Waals surface area contributed by atoms with Crippen molar-refractivity contribution >= 4 is 5.91 Å². The molecule has 2 fully saturated rings. The number of carbonyl (C=O) groups is 1. The van der Waals surface area contributed by atoms with Gasteiger partial charge in [-0.05, 0) is 31.7 Å². The number of hydrogen-bond donors (Lipinski definition) is 0. The Hall–Kier alpha value is -1.53. The third kappa shape index (κ3) is 3.92. The Morgan fingerprint density at radius 2 is 2.29 bits per heavy atom. The highest BCUT2D eigenvalue weighted by Gasteiger charge is 2.47. The molecular formula is C18H27N3O3. The minimum absolute atomic E-state index is 0.195. The van der Waals surface area contributed by atoms with Gasteiger partial charge in [-0.15, -0.1) is 0 Å². The Labute approximate surface area is 143 Å². The summed E-state index contributed by atoms with van der Waals surface area (Å²) in [6, 6.07) is 0. The smallest absolute Gasteiger partial charge is 0.223 e. The van der Waals surface area contributed by atoms with Crippen LogP contribution in [0, 0.1) is 5.92 Å². The molecule has 1 aliphatic heterocycles. The molecule has 2 aliphatic rings. The van der Waals surface area contributed by atoms with E-state index in [4.69, 9.17) is 9.47 Å². The first-order chi connectivity index (χ1) is 11.7. The average molecular weight is 333 g/mol. The van der Waals surface area contributed by atoms with Gasteiger partial charge in [0.15, 0.2) is 0 Å². The summed E-state index contributed by atoms with van der Waals surface area (Å²) in [5, 5.41) is 0. The minimum Gasteiger partial charge on any atom is -0.381 e. The summed E-state index contributed by atoms with van der Waals surface area (Å²) in [4.78, 5) is 22.6. The van der Waals surface area contributed by atoms with Crippen LogP contribution in [0.4, 0.5) is 0 Å². The van der Waals surface area contributed by atoms with E-state index in [2.05, 4.69) is 9.97 Å². The van der Waals surface area contributed by atoms with Crippen molar-refractivity contribution in [3.8, 4) is 0 Å². The first-order valence-electron chi connectivity index (χ1n) is 8.97. The van der Waals surface area contributed by atoms with Crippen molar-refractivity contribution in [2.45, 2.75) is 44.6 Å². The highest BCUT2D eigenvalue weighted by Crippen LogP contribution is 2.41. The lowest BCUT2D eigenvalue weighted by molar-refractivity contribution is -0.161. The molecular weight excluding hydrogens is 306 g/mol. The van der Waals surface area contributed by atoms with Crippen LogP contribution in [-0.2, 0) is 20.7 Å². The Kier molecular flexibility index (Phi) is 5.79. The van der Waals surface area contributed by atoms with Crippen LogP contribution in [0.1, 0.15) is 38.2 Å². The van der Waals surface area contributed by atoms with Gasteiger partial charge in [-0.3, -0.25) is 4.79 Å². The fraction of sp³-hybridized carbons (Fsp3) is 0.722. The number of nitrogens with zero attached hydrogens (tertiary/aromatic N) is 3. The van der Waals surface area contributed by atoms with E-state index in [0.29, 0.717) is 38.5 Å². The van der Waals surface area contributed by atoms with Crippen LogP contribution in [0.2, 0.25) is 0 Å². The first-order valence-corrected chi connectivity index (χ1v) is 8.97. The molecule has 6 nitrogen and oxygen atoms in total. The van der Waals surface area contributed by atoms with Gasteiger partial charge >= 0.3 is 0 Å². The molecule has 2 heterocycles. The number of aromatic nitrogens is 2. The molecule has 1 spiro atoms. The monoisotopic (exact) mass is 333 g/mol. The molecule has 6 heteroatoms. The first kappa shape index (κ1) is 17.3. The zero-order valence-electron chi connectivity index (χ0n) is 14.4. The maximum absolute atomic E-state index is 12.6. The molecule has 1 aliphatic carbocycles. The second-order valence-corrected chi connectivity index (χ2v) is 6.72. The molecule has 1 saturated carbocycles. The SMILES string of the molecule is CCOC[C@H]1CCC[C@@]12CN(C(=O)CCc1cncnc1)CCO2. The van der Waals surface area contributed by atoms with Gasteiger partial charge in [0, 0.05) is 37.9 Å². The van der Waals surface area contributed by atoms with Gasteiger partial charge in [0.05, 0.1) is 25.4 Å². The van der Waals surface area contributed by atoms with Gasteiger partial charge in [0.25, 0.3) is 0 Å². The van der Waals surface area contributed by atoms with E-state index in [1.165, 1.54) is 6.33 Å². The third-order valence-corrected chi connectivity index (χ3v) is 5.22. The molecule has 1 saturated heterocycles. The van der Waals surface area contributed by atoms with Crippen molar-refractivity contribution in [2.24, 2.45) is 5.92 Å². The Morgan fingerprint density at radius 3 is 3.08 bits per heavy atom. The summed E-state index contributed by atoms with van der Waals surface area (Å²) >= 11 is 0. The number of hydrogen-bond acceptors (Lipinski definition) is 5. The summed E-state index contributed by atoms with van der Waals surface area (Å²) in [7, 11) is 0. The number of carbonyl (C=O) groups excluding carboxylic acids is 1. The fourth-order valence-corrected chi connectivity index (χ4v) is 3.90. The van der Waals surface area contributed by atoms with Crippen LogP contribution >= 0.6 is 0 Å². The van der Waals surface area contributed by atoms with Gasteiger partial charge in [-0.25, -0.2) is 9.97 Å². The third-order valence-electron chi connectivity index (χ3n) is 5.22. The van der Waals surface area contributed by atoms with E-state index in [1.807, 2.05) is 11.8 Å². The van der Waals surface area contributed by atoms with E-state index in [1.54, 1.807) is 12.4 Å². The van der Waals surface area contributed by atoms with Crippen molar-refractivity contribution in [1.82, 2.24) is 14.9 Å². The van der Waals surface area contributed by atoms with Gasteiger partial charge in [0.2, 0.25) is 5.91 Å². The van der Waals surface area contributed by atoms with Crippen LogP contribution in [0.25, 0.3) is 0 Å². The Balaban J connectivity index is 1.57. The molecule has 0 radical (unpaired) electrons. The average Bonchev–Trinajstić information content (AvgIpc) is 3.00. The molecule has 1 aromatic rings. The molecule has 2 atom stereocenters. The second-order valence-electron chi connectivity index (χ2n) is 6.72. The van der Waals surface area contributed by atoms with Crippen molar-refractivity contribution in [3.05, 3.63) is 24.3 Å². The van der Waals surface area contributed by atoms with Crippen LogP contribution in [0.3, 0.4) is 0 Å². The fourth-order valence-electron chi connectivity index (χ4n) is 3.90. The van der Waals surface area contributed by atoms with Crippen molar-refractivity contribution in [3.63, 3.8) is 0 Å². The summed E-state index contributed by atoms with van der Waals surface area (Å²) in [6.45, 7) is 5.51. The molecule has 0 unspecified atom stereocenters. The number of rotatable bonds is 6. The molecule has 24 heavy (non-hydrogen) atoms. The molecule has 0 aromatic carbocycles. The second kappa shape index (κ2) is 8.03. The zero-order valence-corrected chi connectivity index (χ0v) is 14.4. The van der Waals surface area contributed by atoms with Crippen LogP contribution < -0.4 is 0 Å². The van der Waals surface area contributed by atoms with Gasteiger partial charge in [-0.2, -0.15) is 0 Å². The standard InChI is InChI=1S/C18H27N3O3/c1-2-23-12-16-4-3-7-18(16)13-21(8-9-24-18)17(22)6-5-15-10-19-14-20-11-15/h10-11,14,16H,2-9,12-13H2,1H3/t16-,18-/m1/s1. The summed E-state index contributed by atoms with van der Waals surface area (Å²) < 4.78 is 11.8. The summed E-state index contributed by atoms with van der Waals surface area (Å²) in [6.07, 6.45) is 9.56. The predicted molar refractivity (Wildman–Crippen MR) is 89.5 cm³/mol. The Bertz CT molecular complexity index is 540. The quantitative estimate of drug-likeness (QED) is 0.795. The lowest BCUT2D eigenvalue weighted by atomic mass is 9.89. The van der Waals surface area contributed by atoms with E-state index < -0.39 is 0 Å². The van der Waals surface area contributed by atoms with E-state index >= 15 is 0 Å². The van der Waals surface area contributed by atoms with Crippen molar-refractivity contribution in [2.75, 3.05) is 32.9 Å². The largest absolute Gasteiger partial charge is 0.381 e. The number of morpholine rings is 1.